The standard InChI is InChI=1S/C19H21N5O2S/c1-12-6-4-5-7-16(12)17-22-23-19(24(17)20)27-13(2)18(25)21-14-8-10-15(26-3)11-9-14/h4-11,13H,20H2,1-3H3,(H,21,25)/t13-/m0/s1. The number of nitrogen functional groups attached to an aromatic ring is 1. The van der Waals surface area contributed by atoms with Crippen LogP contribution in [0.2, 0.25) is 0 Å². The summed E-state index contributed by atoms with van der Waals surface area (Å²) in [5, 5.41) is 11.3. The summed E-state index contributed by atoms with van der Waals surface area (Å²) >= 11 is 1.25. The minimum atomic E-state index is -0.400. The molecule has 1 atom stereocenters. The van der Waals surface area contributed by atoms with E-state index in [1.807, 2.05) is 31.2 Å². The lowest BCUT2D eigenvalue weighted by Gasteiger charge is -2.12. The molecule has 1 heterocycles. The van der Waals surface area contributed by atoms with E-state index in [9.17, 15) is 4.79 Å². The Labute approximate surface area is 161 Å². The molecule has 140 valence electrons. The van der Waals surface area contributed by atoms with Crippen molar-refractivity contribution in [2.45, 2.75) is 24.3 Å². The van der Waals surface area contributed by atoms with Crippen LogP contribution < -0.4 is 15.9 Å². The van der Waals surface area contributed by atoms with E-state index in [1.165, 1.54) is 16.4 Å². The van der Waals surface area contributed by atoms with Crippen molar-refractivity contribution in [3.63, 3.8) is 0 Å². The summed E-state index contributed by atoms with van der Waals surface area (Å²) in [5.74, 6) is 7.31. The Morgan fingerprint density at radius 3 is 2.56 bits per heavy atom. The highest BCUT2D eigenvalue weighted by Crippen LogP contribution is 2.27. The van der Waals surface area contributed by atoms with Gasteiger partial charge in [0.2, 0.25) is 11.1 Å². The highest BCUT2D eigenvalue weighted by Gasteiger charge is 2.20. The number of hydrogen-bond acceptors (Lipinski definition) is 6. The van der Waals surface area contributed by atoms with Gasteiger partial charge in [-0.05, 0) is 43.7 Å². The number of carbonyl (C=O) groups excluding carboxylic acids is 1. The first kappa shape index (κ1) is 18.8. The van der Waals surface area contributed by atoms with E-state index in [0.717, 1.165) is 16.9 Å². The van der Waals surface area contributed by atoms with Gasteiger partial charge in [-0.1, -0.05) is 36.0 Å². The van der Waals surface area contributed by atoms with Gasteiger partial charge >= 0.3 is 0 Å². The van der Waals surface area contributed by atoms with Gasteiger partial charge in [0.25, 0.3) is 0 Å². The molecule has 0 saturated carbocycles. The molecule has 0 bridgehead atoms. The third-order valence-corrected chi connectivity index (χ3v) is 5.12. The molecule has 0 aliphatic carbocycles. The fraction of sp³-hybridized carbons (Fsp3) is 0.211. The molecule has 27 heavy (non-hydrogen) atoms. The normalized spacial score (nSPS) is 11.8. The number of nitrogens with one attached hydrogen (secondary N) is 1. The van der Waals surface area contributed by atoms with Gasteiger partial charge in [-0.3, -0.25) is 4.79 Å². The van der Waals surface area contributed by atoms with Crippen LogP contribution in [0.5, 0.6) is 5.75 Å². The smallest absolute Gasteiger partial charge is 0.237 e. The average molecular weight is 383 g/mol. The number of thioether (sulfide) groups is 1. The maximum atomic E-state index is 12.5. The number of anilines is 1. The number of ether oxygens (including phenoxy) is 1. The number of aromatic nitrogens is 3. The van der Waals surface area contributed by atoms with Crippen molar-refractivity contribution in [2.75, 3.05) is 18.3 Å². The number of amides is 1. The van der Waals surface area contributed by atoms with Gasteiger partial charge in [-0.2, -0.15) is 0 Å². The lowest BCUT2D eigenvalue weighted by Crippen LogP contribution is -2.23. The molecule has 3 N–H and O–H groups in total. The second kappa shape index (κ2) is 8.13. The Balaban J connectivity index is 1.69. The number of nitrogens with two attached hydrogens (primary N) is 1. The minimum absolute atomic E-state index is 0.148. The van der Waals surface area contributed by atoms with Crippen LogP contribution in [0.15, 0.2) is 53.7 Å². The van der Waals surface area contributed by atoms with Gasteiger partial charge in [-0.25, -0.2) is 4.68 Å². The Bertz CT molecular complexity index is 940. The zero-order valence-electron chi connectivity index (χ0n) is 15.3. The Morgan fingerprint density at radius 2 is 1.89 bits per heavy atom. The molecule has 0 spiro atoms. The first-order valence-electron chi connectivity index (χ1n) is 8.37. The van der Waals surface area contributed by atoms with E-state index >= 15 is 0 Å². The maximum absolute atomic E-state index is 12.5. The Hall–Kier alpha value is -3.00. The molecule has 0 fully saturated rings. The van der Waals surface area contributed by atoms with Crippen molar-refractivity contribution in [3.8, 4) is 17.1 Å². The summed E-state index contributed by atoms with van der Waals surface area (Å²) in [6, 6.07) is 15.0. The molecule has 1 aromatic heterocycles. The molecule has 0 saturated heterocycles. The first-order valence-corrected chi connectivity index (χ1v) is 9.25. The molecule has 3 aromatic rings. The Morgan fingerprint density at radius 1 is 1.19 bits per heavy atom. The number of nitrogens with zero attached hydrogens (tertiary/aromatic N) is 3. The Kier molecular flexibility index (Phi) is 5.66. The van der Waals surface area contributed by atoms with Crippen molar-refractivity contribution in [2.24, 2.45) is 0 Å². The number of hydrogen-bond donors (Lipinski definition) is 2. The second-order valence-corrected chi connectivity index (χ2v) is 7.28. The number of benzene rings is 2. The lowest BCUT2D eigenvalue weighted by atomic mass is 10.1. The van der Waals surface area contributed by atoms with E-state index in [2.05, 4.69) is 15.5 Å². The van der Waals surface area contributed by atoms with Crippen LogP contribution >= 0.6 is 11.8 Å². The van der Waals surface area contributed by atoms with E-state index in [4.69, 9.17) is 10.6 Å². The molecule has 7 nitrogen and oxygen atoms in total. The van der Waals surface area contributed by atoms with Gasteiger partial charge in [0.1, 0.15) is 5.75 Å². The molecule has 1 amide bonds. The summed E-state index contributed by atoms with van der Waals surface area (Å²) in [6.45, 7) is 3.79. The van der Waals surface area contributed by atoms with E-state index in [-0.39, 0.29) is 5.91 Å². The van der Waals surface area contributed by atoms with Crippen LogP contribution in [0.1, 0.15) is 12.5 Å². The first-order chi connectivity index (χ1) is 13.0. The SMILES string of the molecule is COc1ccc(NC(=O)[C@H](C)Sc2nnc(-c3ccccc3C)n2N)cc1. The van der Waals surface area contributed by atoms with Crippen molar-refractivity contribution in [1.82, 2.24) is 14.9 Å². The highest BCUT2D eigenvalue weighted by molar-refractivity contribution is 8.00. The van der Waals surface area contributed by atoms with Crippen molar-refractivity contribution < 1.29 is 9.53 Å². The van der Waals surface area contributed by atoms with Crippen LogP contribution in [0.25, 0.3) is 11.4 Å². The second-order valence-electron chi connectivity index (χ2n) is 5.97. The van der Waals surface area contributed by atoms with Crippen molar-refractivity contribution >= 4 is 23.4 Å². The monoisotopic (exact) mass is 383 g/mol. The molecule has 2 aromatic carbocycles. The van der Waals surface area contributed by atoms with Gasteiger partial charge in [0, 0.05) is 11.3 Å². The quantitative estimate of drug-likeness (QED) is 0.502. The van der Waals surface area contributed by atoms with Crippen LogP contribution in [0.3, 0.4) is 0 Å². The van der Waals surface area contributed by atoms with Crippen LogP contribution in [-0.4, -0.2) is 33.1 Å². The minimum Gasteiger partial charge on any atom is -0.497 e. The highest BCUT2D eigenvalue weighted by atomic mass is 32.2. The van der Waals surface area contributed by atoms with Gasteiger partial charge in [0.05, 0.1) is 12.4 Å². The predicted octanol–water partition coefficient (Wildman–Crippen LogP) is 3.10. The van der Waals surface area contributed by atoms with Crippen LogP contribution in [0.4, 0.5) is 5.69 Å². The van der Waals surface area contributed by atoms with Gasteiger partial charge < -0.3 is 15.9 Å². The number of carbonyl (C=O) groups is 1. The zero-order valence-corrected chi connectivity index (χ0v) is 16.2. The number of aryl methyl sites for hydroxylation is 1. The fourth-order valence-electron chi connectivity index (χ4n) is 2.49. The van der Waals surface area contributed by atoms with Crippen LogP contribution in [0, 0.1) is 6.92 Å². The zero-order chi connectivity index (χ0) is 19.4. The molecule has 0 aliphatic heterocycles. The molecule has 0 radical (unpaired) electrons. The van der Waals surface area contributed by atoms with Gasteiger partial charge in [0.15, 0.2) is 5.82 Å². The molecule has 0 aliphatic rings. The largest absolute Gasteiger partial charge is 0.497 e. The summed E-state index contributed by atoms with van der Waals surface area (Å²) in [5.41, 5.74) is 2.66. The fourth-order valence-corrected chi connectivity index (χ4v) is 3.26. The topological polar surface area (TPSA) is 95.1 Å². The number of rotatable bonds is 6. The molecular weight excluding hydrogens is 362 g/mol. The predicted molar refractivity (Wildman–Crippen MR) is 107 cm³/mol. The molecule has 8 heteroatoms. The summed E-state index contributed by atoms with van der Waals surface area (Å²) in [7, 11) is 1.60. The third-order valence-electron chi connectivity index (χ3n) is 4.06. The lowest BCUT2D eigenvalue weighted by molar-refractivity contribution is -0.115. The molecule has 3 rings (SSSR count). The van der Waals surface area contributed by atoms with Gasteiger partial charge in [-0.15, -0.1) is 10.2 Å². The molecule has 0 unspecified atom stereocenters. The van der Waals surface area contributed by atoms with Crippen molar-refractivity contribution in [3.05, 3.63) is 54.1 Å². The van der Waals surface area contributed by atoms with Crippen molar-refractivity contribution in [1.29, 1.82) is 0 Å². The maximum Gasteiger partial charge on any atom is 0.237 e. The van der Waals surface area contributed by atoms with E-state index in [0.29, 0.717) is 16.7 Å². The third kappa shape index (κ3) is 4.22. The average Bonchev–Trinajstić information content (AvgIpc) is 3.03. The molecular formula is C19H21N5O2S. The summed E-state index contributed by atoms with van der Waals surface area (Å²) in [6.07, 6.45) is 0. The van der Waals surface area contributed by atoms with E-state index < -0.39 is 5.25 Å². The van der Waals surface area contributed by atoms with E-state index in [1.54, 1.807) is 38.3 Å². The summed E-state index contributed by atoms with van der Waals surface area (Å²) in [4.78, 5) is 12.5. The van der Waals surface area contributed by atoms with Crippen LogP contribution in [-0.2, 0) is 4.79 Å². The number of methoxy groups -OCH3 is 1. The summed E-state index contributed by atoms with van der Waals surface area (Å²) < 4.78 is 6.53.